The maximum Gasteiger partial charge on any atom is 0.248 e. The molecule has 2 amide bonds. The molecule has 2 aromatic rings. The summed E-state index contributed by atoms with van der Waals surface area (Å²) in [5.74, 6) is -1.36. The van der Waals surface area contributed by atoms with Gasteiger partial charge in [0.25, 0.3) is 0 Å². The summed E-state index contributed by atoms with van der Waals surface area (Å²) < 4.78 is 13.4. The number of nitrogens with one attached hydrogen (secondary N) is 1. The van der Waals surface area contributed by atoms with Gasteiger partial charge in [-0.15, -0.1) is 11.6 Å². The van der Waals surface area contributed by atoms with Crippen LogP contribution < -0.4 is 10.2 Å². The highest BCUT2D eigenvalue weighted by Crippen LogP contribution is 2.29. The summed E-state index contributed by atoms with van der Waals surface area (Å²) in [4.78, 5) is 27.4. The van der Waals surface area contributed by atoms with Crippen molar-refractivity contribution in [2.24, 2.45) is 0 Å². The molecule has 0 aliphatic heterocycles. The largest absolute Gasteiger partial charge is 0.351 e. The predicted molar refractivity (Wildman–Crippen MR) is 109 cm³/mol. The maximum absolute atomic E-state index is 13.4. The van der Waals surface area contributed by atoms with E-state index in [1.165, 1.54) is 35.6 Å². The Bertz CT molecular complexity index is 792. The SMILES string of the molecule is O=C(NC1CCCCC1)C(c1ccccc1)N(C(=O)CCl)c1ccc(F)cc1. The fourth-order valence-electron chi connectivity index (χ4n) is 3.68. The van der Waals surface area contributed by atoms with E-state index in [1.54, 1.807) is 0 Å². The van der Waals surface area contributed by atoms with E-state index in [4.69, 9.17) is 11.6 Å². The van der Waals surface area contributed by atoms with Crippen LogP contribution in [-0.4, -0.2) is 23.7 Å². The van der Waals surface area contributed by atoms with Crippen molar-refractivity contribution in [3.63, 3.8) is 0 Å². The number of halogens is 2. The summed E-state index contributed by atoms with van der Waals surface area (Å²) in [6.45, 7) is 0. The summed E-state index contributed by atoms with van der Waals surface area (Å²) in [7, 11) is 0. The van der Waals surface area contributed by atoms with Crippen molar-refractivity contribution in [2.45, 2.75) is 44.2 Å². The minimum Gasteiger partial charge on any atom is -0.351 e. The molecule has 3 rings (SSSR count). The van der Waals surface area contributed by atoms with Crippen molar-refractivity contribution in [3.8, 4) is 0 Å². The molecule has 0 spiro atoms. The molecular formula is C22H24ClFN2O2. The van der Waals surface area contributed by atoms with Crippen LogP contribution >= 0.6 is 11.6 Å². The Hall–Kier alpha value is -2.40. The van der Waals surface area contributed by atoms with Crippen molar-refractivity contribution in [1.82, 2.24) is 5.32 Å². The van der Waals surface area contributed by atoms with Crippen LogP contribution in [-0.2, 0) is 9.59 Å². The zero-order valence-electron chi connectivity index (χ0n) is 15.6. The van der Waals surface area contributed by atoms with Crippen LogP contribution in [0.1, 0.15) is 43.7 Å². The lowest BCUT2D eigenvalue weighted by Crippen LogP contribution is -2.47. The first-order valence-electron chi connectivity index (χ1n) is 9.59. The standard InChI is InChI=1S/C22H24ClFN2O2/c23-15-20(27)26(19-13-11-17(24)12-14-19)21(16-7-3-1-4-8-16)22(28)25-18-9-5-2-6-10-18/h1,3-4,7-8,11-14,18,21H,2,5-6,9-10,15H2,(H,25,28). The van der Waals surface area contributed by atoms with Gasteiger partial charge in [-0.05, 0) is 42.7 Å². The molecule has 28 heavy (non-hydrogen) atoms. The van der Waals surface area contributed by atoms with Crippen molar-refractivity contribution in [1.29, 1.82) is 0 Å². The lowest BCUT2D eigenvalue weighted by molar-refractivity contribution is -0.126. The fourth-order valence-corrected chi connectivity index (χ4v) is 3.81. The summed E-state index contributed by atoms with van der Waals surface area (Å²) >= 11 is 5.86. The lowest BCUT2D eigenvalue weighted by atomic mass is 9.94. The lowest BCUT2D eigenvalue weighted by Gasteiger charge is -2.33. The summed E-state index contributed by atoms with van der Waals surface area (Å²) in [6, 6.07) is 13.9. The first-order valence-corrected chi connectivity index (χ1v) is 10.1. The Morgan fingerprint density at radius 2 is 1.68 bits per heavy atom. The van der Waals surface area contributed by atoms with Gasteiger partial charge in [-0.1, -0.05) is 49.6 Å². The van der Waals surface area contributed by atoms with Gasteiger partial charge < -0.3 is 5.32 Å². The Labute approximate surface area is 169 Å². The van der Waals surface area contributed by atoms with Gasteiger partial charge in [0, 0.05) is 11.7 Å². The van der Waals surface area contributed by atoms with Gasteiger partial charge in [-0.3, -0.25) is 14.5 Å². The number of amides is 2. The highest BCUT2D eigenvalue weighted by Gasteiger charge is 2.33. The van der Waals surface area contributed by atoms with Crippen molar-refractivity contribution in [2.75, 3.05) is 10.8 Å². The predicted octanol–water partition coefficient (Wildman–Crippen LogP) is 4.59. The molecule has 0 radical (unpaired) electrons. The molecule has 1 aliphatic carbocycles. The summed E-state index contributed by atoms with van der Waals surface area (Å²) in [6.07, 6.45) is 5.23. The molecule has 0 bridgehead atoms. The third kappa shape index (κ3) is 4.90. The molecule has 0 aromatic heterocycles. The number of nitrogens with zero attached hydrogens (tertiary/aromatic N) is 1. The number of carbonyl (C=O) groups excluding carboxylic acids is 2. The van der Waals surface area contributed by atoms with Crippen molar-refractivity contribution in [3.05, 3.63) is 66.0 Å². The highest BCUT2D eigenvalue weighted by molar-refractivity contribution is 6.29. The van der Waals surface area contributed by atoms with Gasteiger partial charge in [0.15, 0.2) is 0 Å². The molecule has 6 heteroatoms. The smallest absolute Gasteiger partial charge is 0.248 e. The van der Waals surface area contributed by atoms with Gasteiger partial charge >= 0.3 is 0 Å². The number of benzene rings is 2. The van der Waals surface area contributed by atoms with Crippen LogP contribution in [0.3, 0.4) is 0 Å². The average molecular weight is 403 g/mol. The summed E-state index contributed by atoms with van der Waals surface area (Å²) in [5, 5.41) is 3.11. The second-order valence-electron chi connectivity index (χ2n) is 7.03. The van der Waals surface area contributed by atoms with Crippen LogP contribution in [0.2, 0.25) is 0 Å². The van der Waals surface area contributed by atoms with Crippen LogP contribution in [0.4, 0.5) is 10.1 Å². The van der Waals surface area contributed by atoms with Crippen LogP contribution in [0.25, 0.3) is 0 Å². The van der Waals surface area contributed by atoms with E-state index < -0.39 is 17.8 Å². The summed E-state index contributed by atoms with van der Waals surface area (Å²) in [5.41, 5.74) is 1.11. The van der Waals surface area contributed by atoms with E-state index in [-0.39, 0.29) is 17.8 Å². The number of hydrogen-bond donors (Lipinski definition) is 1. The molecule has 1 unspecified atom stereocenters. The van der Waals surface area contributed by atoms with Gasteiger partial charge in [-0.2, -0.15) is 0 Å². The average Bonchev–Trinajstić information content (AvgIpc) is 2.73. The second kappa shape index (κ2) is 9.69. The van der Waals surface area contributed by atoms with Crippen LogP contribution in [0.5, 0.6) is 0 Å². The van der Waals surface area contributed by atoms with Crippen LogP contribution in [0, 0.1) is 5.82 Å². The first-order chi connectivity index (χ1) is 13.6. The van der Waals surface area contributed by atoms with Gasteiger partial charge in [0.2, 0.25) is 11.8 Å². The zero-order valence-corrected chi connectivity index (χ0v) is 16.4. The molecular weight excluding hydrogens is 379 g/mol. The first kappa shape index (κ1) is 20.3. The number of alkyl halides is 1. The Morgan fingerprint density at radius 1 is 1.04 bits per heavy atom. The zero-order chi connectivity index (χ0) is 19.9. The third-order valence-electron chi connectivity index (χ3n) is 5.06. The molecule has 1 N–H and O–H groups in total. The van der Waals surface area contributed by atoms with Crippen molar-refractivity contribution >= 4 is 29.1 Å². The number of anilines is 1. The van der Waals surface area contributed by atoms with E-state index >= 15 is 0 Å². The molecule has 1 saturated carbocycles. The molecule has 2 aromatic carbocycles. The quantitative estimate of drug-likeness (QED) is 0.718. The Kier molecular flexibility index (Phi) is 7.04. The number of hydrogen-bond acceptors (Lipinski definition) is 2. The molecule has 0 saturated heterocycles. The topological polar surface area (TPSA) is 49.4 Å². The molecule has 1 atom stereocenters. The second-order valence-corrected chi connectivity index (χ2v) is 7.30. The van der Waals surface area contributed by atoms with Gasteiger partial charge in [-0.25, -0.2) is 4.39 Å². The van der Waals surface area contributed by atoms with Crippen molar-refractivity contribution < 1.29 is 14.0 Å². The molecule has 1 fully saturated rings. The highest BCUT2D eigenvalue weighted by atomic mass is 35.5. The monoisotopic (exact) mass is 402 g/mol. The maximum atomic E-state index is 13.4. The van der Waals surface area contributed by atoms with Gasteiger partial charge in [0.05, 0.1) is 0 Å². The minimum atomic E-state index is -0.875. The van der Waals surface area contributed by atoms with E-state index in [1.807, 2.05) is 30.3 Å². The van der Waals surface area contributed by atoms with E-state index in [0.717, 1.165) is 25.7 Å². The van der Waals surface area contributed by atoms with Crippen LogP contribution in [0.15, 0.2) is 54.6 Å². The Morgan fingerprint density at radius 3 is 2.29 bits per heavy atom. The third-order valence-corrected chi connectivity index (χ3v) is 5.29. The van der Waals surface area contributed by atoms with E-state index in [2.05, 4.69) is 5.32 Å². The Balaban J connectivity index is 1.98. The van der Waals surface area contributed by atoms with E-state index in [9.17, 15) is 14.0 Å². The van der Waals surface area contributed by atoms with E-state index in [0.29, 0.717) is 11.3 Å². The molecule has 148 valence electrons. The minimum absolute atomic E-state index is 0.105. The number of carbonyl (C=O) groups is 2. The fraction of sp³-hybridized carbons (Fsp3) is 0.364. The van der Waals surface area contributed by atoms with Gasteiger partial charge in [0.1, 0.15) is 17.7 Å². The molecule has 4 nitrogen and oxygen atoms in total. The normalized spacial score (nSPS) is 15.6. The molecule has 0 heterocycles. The number of rotatable bonds is 6. The molecule has 1 aliphatic rings.